The second-order valence-electron chi connectivity index (χ2n) is 8.62. The second-order valence-corrected chi connectivity index (χ2v) is 8.62. The van der Waals surface area contributed by atoms with Crippen molar-refractivity contribution in [2.45, 2.75) is 45.6 Å². The number of hydrogen-bond acceptors (Lipinski definition) is 5. The molecular weight excluding hydrogens is 486 g/mol. The highest BCUT2D eigenvalue weighted by Gasteiger charge is 2.28. The fraction of sp³-hybridized carbons (Fsp3) is 0.296. The Bertz CT molecular complexity index is 1400. The Kier molecular flexibility index (Phi) is 7.86. The number of rotatable bonds is 11. The Labute approximate surface area is 211 Å². The number of hydrogen-bond donors (Lipinski definition) is 2. The zero-order chi connectivity index (χ0) is 26.5. The first-order valence-corrected chi connectivity index (χ1v) is 12.0. The third-order valence-corrected chi connectivity index (χ3v) is 5.96. The maximum atomic E-state index is 14.0. The van der Waals surface area contributed by atoms with Gasteiger partial charge in [0.05, 0.1) is 18.2 Å². The van der Waals surface area contributed by atoms with Crippen LogP contribution in [0.5, 0.6) is 5.75 Å². The molecule has 37 heavy (non-hydrogen) atoms. The minimum absolute atomic E-state index is 0.0449. The maximum absolute atomic E-state index is 14.0. The van der Waals surface area contributed by atoms with Crippen molar-refractivity contribution >= 4 is 34.8 Å². The molecule has 1 aliphatic heterocycles. The third kappa shape index (κ3) is 6.14. The average molecular weight is 514 g/mol. The van der Waals surface area contributed by atoms with Gasteiger partial charge in [0.25, 0.3) is 5.52 Å². The van der Waals surface area contributed by atoms with E-state index in [1.807, 2.05) is 6.92 Å². The summed E-state index contributed by atoms with van der Waals surface area (Å²) in [4.78, 5) is 23.8. The normalized spacial score (nSPS) is 14.3. The molecule has 2 aromatic carbocycles. The summed E-state index contributed by atoms with van der Waals surface area (Å²) in [6.07, 6.45) is 4.67. The smallest absolute Gasteiger partial charge is 0.374 e. The van der Waals surface area contributed by atoms with Crippen LogP contribution in [0.25, 0.3) is 17.2 Å². The average Bonchev–Trinajstić information content (AvgIpc) is 3.35. The molecule has 0 radical (unpaired) electrons. The summed E-state index contributed by atoms with van der Waals surface area (Å²) in [7, 11) is 0. The van der Waals surface area contributed by atoms with Gasteiger partial charge >= 0.3 is 17.8 Å². The van der Waals surface area contributed by atoms with Gasteiger partial charge < -0.3 is 24.3 Å². The van der Waals surface area contributed by atoms with E-state index in [9.17, 15) is 18.4 Å². The maximum Gasteiger partial charge on any atom is 0.374 e. The molecule has 0 saturated heterocycles. The number of benzene rings is 2. The Morgan fingerprint density at radius 2 is 1.73 bits per heavy atom. The largest absolute Gasteiger partial charge is 0.481 e. The molecule has 1 aromatic heterocycles. The number of oxazole rings is 1. The quantitative estimate of drug-likeness (QED) is 0.337. The Morgan fingerprint density at radius 1 is 1.03 bits per heavy atom. The fourth-order valence-corrected chi connectivity index (χ4v) is 4.16. The van der Waals surface area contributed by atoms with Crippen LogP contribution in [0.15, 0.2) is 58.3 Å². The molecule has 1 aliphatic rings. The van der Waals surface area contributed by atoms with Gasteiger partial charge in [0.1, 0.15) is 11.6 Å². The number of fused-ring (bicyclic) bond motifs is 2. The van der Waals surface area contributed by atoms with Crippen molar-refractivity contribution in [2.75, 3.05) is 11.4 Å². The predicted molar refractivity (Wildman–Crippen MR) is 131 cm³/mol. The lowest BCUT2D eigenvalue weighted by Crippen LogP contribution is -2.35. The van der Waals surface area contributed by atoms with Crippen molar-refractivity contribution in [1.82, 2.24) is 0 Å². The zero-order valence-electron chi connectivity index (χ0n) is 20.2. The molecule has 0 aliphatic carbocycles. The van der Waals surface area contributed by atoms with E-state index >= 15 is 0 Å². The Hall–Kier alpha value is -4.21. The molecule has 4 rings (SSSR count). The minimum atomic E-state index is -0.923. The Morgan fingerprint density at radius 3 is 2.46 bits per heavy atom. The molecule has 0 fully saturated rings. The number of carbonyl (C=O) groups is 2. The van der Waals surface area contributed by atoms with Gasteiger partial charge in [-0.1, -0.05) is 6.92 Å². The van der Waals surface area contributed by atoms with Crippen molar-refractivity contribution in [2.24, 2.45) is 0 Å². The molecule has 0 atom stereocenters. The first kappa shape index (κ1) is 25.9. The molecule has 0 saturated carbocycles. The van der Waals surface area contributed by atoms with Crippen LogP contribution in [0.3, 0.4) is 0 Å². The van der Waals surface area contributed by atoms with Gasteiger partial charge in [-0.25, -0.2) is 8.78 Å². The van der Waals surface area contributed by atoms with Gasteiger partial charge in [-0.15, -0.1) is 0 Å². The summed E-state index contributed by atoms with van der Waals surface area (Å²) in [5.41, 5.74) is 2.25. The number of anilines is 1. The van der Waals surface area contributed by atoms with E-state index in [4.69, 9.17) is 19.4 Å². The molecule has 8 nitrogen and oxygen atoms in total. The van der Waals surface area contributed by atoms with Gasteiger partial charge in [-0.2, -0.15) is 4.57 Å². The van der Waals surface area contributed by atoms with E-state index in [1.54, 1.807) is 21.6 Å². The van der Waals surface area contributed by atoms with Crippen LogP contribution in [0, 0.1) is 11.6 Å². The highest BCUT2D eigenvalue weighted by atomic mass is 19.1. The molecule has 2 heterocycles. The van der Waals surface area contributed by atoms with Crippen molar-refractivity contribution in [3.63, 3.8) is 0 Å². The van der Waals surface area contributed by atoms with E-state index in [0.29, 0.717) is 66.7 Å². The summed E-state index contributed by atoms with van der Waals surface area (Å²) in [5, 5.41) is 18.1. The molecule has 3 aromatic rings. The van der Waals surface area contributed by atoms with Crippen LogP contribution >= 0.6 is 0 Å². The minimum Gasteiger partial charge on any atom is -0.481 e. The van der Waals surface area contributed by atoms with E-state index in [-0.39, 0.29) is 12.8 Å². The van der Waals surface area contributed by atoms with Crippen LogP contribution in [-0.4, -0.2) is 28.7 Å². The number of carboxylic acids is 2. The molecule has 0 amide bonds. The molecule has 0 bridgehead atoms. The third-order valence-electron chi connectivity index (χ3n) is 5.96. The van der Waals surface area contributed by atoms with Crippen molar-refractivity contribution in [3.05, 3.63) is 71.5 Å². The number of aromatic nitrogens is 1. The number of aliphatic carboxylic acids is 2. The number of ether oxygens (including phenoxy) is 1. The molecule has 2 N–H and O–H groups in total. The van der Waals surface area contributed by atoms with Crippen LogP contribution < -0.4 is 14.2 Å². The van der Waals surface area contributed by atoms with Crippen molar-refractivity contribution in [1.29, 1.82) is 0 Å². The lowest BCUT2D eigenvalue weighted by Gasteiger charge is -2.18. The van der Waals surface area contributed by atoms with Crippen LogP contribution in [0.1, 0.15) is 44.9 Å². The van der Waals surface area contributed by atoms with Crippen LogP contribution in [0.2, 0.25) is 0 Å². The summed E-state index contributed by atoms with van der Waals surface area (Å²) in [6, 6.07) is 8.32. The number of nitrogens with zero attached hydrogens (tertiary/aromatic N) is 2. The van der Waals surface area contributed by atoms with E-state index < -0.39 is 23.6 Å². The summed E-state index contributed by atoms with van der Waals surface area (Å²) in [5.74, 6) is -1.43. The standard InChI is InChI=1S/C27H26F2N2O6/c1-2-17(13-24-30(11-3-5-26(32)33)20-15-18(28)7-9-22(20)36-24)14-25-31(12-4-6-27(34)35)21-16-19(29)8-10-23(21)37-25/h7-10,13-16H,2-6,11-12H2,1H3,(H-,32,33,34,35)/p+1. The van der Waals surface area contributed by atoms with E-state index in [2.05, 4.69) is 0 Å². The second kappa shape index (κ2) is 11.2. The first-order valence-electron chi connectivity index (χ1n) is 12.0. The fourth-order valence-electron chi connectivity index (χ4n) is 4.16. The van der Waals surface area contributed by atoms with E-state index in [1.165, 1.54) is 36.4 Å². The predicted octanol–water partition coefficient (Wildman–Crippen LogP) is 5.26. The van der Waals surface area contributed by atoms with Gasteiger partial charge in [-0.3, -0.25) is 9.59 Å². The number of allylic oxidation sites excluding steroid dienone is 2. The molecule has 0 unspecified atom stereocenters. The Balaban J connectivity index is 1.70. The lowest BCUT2D eigenvalue weighted by atomic mass is 10.1. The summed E-state index contributed by atoms with van der Waals surface area (Å²) < 4.78 is 41.6. The van der Waals surface area contributed by atoms with Gasteiger partial charge in [0.15, 0.2) is 12.3 Å². The molecule has 194 valence electrons. The summed E-state index contributed by atoms with van der Waals surface area (Å²) >= 11 is 0. The first-order chi connectivity index (χ1) is 17.7. The molecule has 10 heteroatoms. The van der Waals surface area contributed by atoms with Gasteiger partial charge in [-0.05, 0) is 42.7 Å². The van der Waals surface area contributed by atoms with E-state index in [0.717, 1.165) is 5.57 Å². The van der Waals surface area contributed by atoms with Gasteiger partial charge in [0.2, 0.25) is 11.5 Å². The highest BCUT2D eigenvalue weighted by molar-refractivity contribution is 5.71. The van der Waals surface area contributed by atoms with Gasteiger partial charge in [0, 0.05) is 37.6 Å². The molecule has 0 spiro atoms. The number of carboxylic acid groups (broad SMARTS) is 2. The highest BCUT2D eigenvalue weighted by Crippen LogP contribution is 2.40. The van der Waals surface area contributed by atoms with Crippen molar-refractivity contribution < 1.29 is 42.3 Å². The lowest BCUT2D eigenvalue weighted by molar-refractivity contribution is -0.678. The number of halogens is 2. The van der Waals surface area contributed by atoms with Crippen LogP contribution in [0.4, 0.5) is 14.5 Å². The van der Waals surface area contributed by atoms with Crippen molar-refractivity contribution in [3.8, 4) is 5.75 Å². The topological polar surface area (TPSA) is 104 Å². The molecular formula is C27H27F2N2O6+. The van der Waals surface area contributed by atoms with Crippen LogP contribution in [-0.2, 0) is 16.1 Å². The number of aryl methyl sites for hydroxylation is 1. The summed E-state index contributed by atoms with van der Waals surface area (Å²) in [6.45, 7) is 2.55. The zero-order valence-corrected chi connectivity index (χ0v) is 20.2. The monoisotopic (exact) mass is 513 g/mol. The SMILES string of the molecule is CCC(=Cc1oc2ccc(F)cc2[n+]1CCCC(=O)O)C=C1Oc2ccc(F)cc2N1CCCC(=O)O.